The third kappa shape index (κ3) is 42.2. The molecule has 2 unspecified atom stereocenters. The van der Waals surface area contributed by atoms with Crippen molar-refractivity contribution in [3.63, 3.8) is 0 Å². The van der Waals surface area contributed by atoms with Gasteiger partial charge in [0.2, 0.25) is 0 Å². The smallest absolute Gasteiger partial charge is 0.306 e. The molecule has 0 saturated carbocycles. The monoisotopic (exact) mass is 959 g/mol. The molecule has 0 aliphatic heterocycles. The predicted octanol–water partition coefficient (Wildman–Crippen LogP) is 14.6. The highest BCUT2D eigenvalue weighted by atomic mass is 79.9. The lowest BCUT2D eigenvalue weighted by atomic mass is 10.0. The molecular weight excluding hydrogens is 864 g/mol. The highest BCUT2D eigenvalue weighted by molar-refractivity contribution is 9.09. The van der Waals surface area contributed by atoms with Gasteiger partial charge in [-0.25, -0.2) is 0 Å². The minimum Gasteiger partial charge on any atom is -0.465 e. The Bertz CT molecular complexity index is 1030. The van der Waals surface area contributed by atoms with Gasteiger partial charge in [0, 0.05) is 37.4 Å². The summed E-state index contributed by atoms with van der Waals surface area (Å²) in [5.74, 6) is -2.09. The Hall–Kier alpha value is -2.17. The Morgan fingerprint density at radius 2 is 0.587 bits per heavy atom. The zero-order valence-electron chi connectivity index (χ0n) is 41.0. The van der Waals surface area contributed by atoms with Crippen molar-refractivity contribution in [2.45, 2.75) is 271 Å². The molecular formula is C52H95BrO10. The van der Waals surface area contributed by atoms with E-state index in [2.05, 4.69) is 43.6 Å². The van der Waals surface area contributed by atoms with Gasteiger partial charge in [-0.05, 0) is 89.9 Å². The predicted molar refractivity (Wildman–Crippen MR) is 259 cm³/mol. The van der Waals surface area contributed by atoms with Crippen molar-refractivity contribution in [3.05, 3.63) is 0 Å². The maximum atomic E-state index is 12.7. The van der Waals surface area contributed by atoms with Crippen LogP contribution in [0.1, 0.15) is 259 Å². The summed E-state index contributed by atoms with van der Waals surface area (Å²) < 4.78 is 28.4. The molecule has 63 heavy (non-hydrogen) atoms. The van der Waals surface area contributed by atoms with E-state index >= 15 is 0 Å². The second-order valence-corrected chi connectivity index (χ2v) is 18.7. The van der Waals surface area contributed by atoms with E-state index in [4.69, 9.17) is 23.7 Å². The molecule has 0 rings (SSSR count). The zero-order chi connectivity index (χ0) is 46.4. The highest BCUT2D eigenvalue weighted by Gasteiger charge is 2.20. The Balaban J connectivity index is 4.84. The van der Waals surface area contributed by atoms with Gasteiger partial charge in [0.1, 0.15) is 32.0 Å². The molecule has 0 N–H and O–H groups in total. The van der Waals surface area contributed by atoms with Gasteiger partial charge in [0.05, 0.1) is 5.92 Å². The first-order chi connectivity index (χ1) is 30.7. The van der Waals surface area contributed by atoms with Crippen molar-refractivity contribution in [2.24, 2.45) is 5.92 Å². The van der Waals surface area contributed by atoms with Crippen molar-refractivity contribution < 1.29 is 47.7 Å². The SMILES string of the molecule is CCCCCCCCC(CCCCCC)OC(=O)CCCCC(=O)OCC(COC(=O)CCCCCBr)COC(=O)CCCCC(=O)OC(CCCCCC)CCCCCCCC. The van der Waals surface area contributed by atoms with E-state index in [-0.39, 0.29) is 75.6 Å². The number of alkyl halides is 1. The quantitative estimate of drug-likeness (QED) is 0.0251. The van der Waals surface area contributed by atoms with E-state index in [1.807, 2.05) is 0 Å². The van der Waals surface area contributed by atoms with Gasteiger partial charge in [0.25, 0.3) is 0 Å². The molecule has 0 aliphatic carbocycles. The summed E-state index contributed by atoms with van der Waals surface area (Å²) in [5.41, 5.74) is 0. The molecule has 0 aromatic rings. The lowest BCUT2D eigenvalue weighted by molar-refractivity contribution is -0.155. The van der Waals surface area contributed by atoms with Crippen LogP contribution in [0, 0.1) is 5.92 Å². The van der Waals surface area contributed by atoms with Crippen molar-refractivity contribution >= 4 is 45.8 Å². The molecule has 11 heteroatoms. The number of ether oxygens (including phenoxy) is 5. The fourth-order valence-corrected chi connectivity index (χ4v) is 7.92. The summed E-state index contributed by atoms with van der Waals surface area (Å²) in [6.07, 6.45) is 33.0. The van der Waals surface area contributed by atoms with Gasteiger partial charge < -0.3 is 23.7 Å². The van der Waals surface area contributed by atoms with E-state index in [0.717, 1.165) is 88.8 Å². The number of carbonyl (C=O) groups excluding carboxylic acids is 5. The van der Waals surface area contributed by atoms with Crippen LogP contribution < -0.4 is 0 Å². The Kier molecular flexibility index (Phi) is 44.8. The Morgan fingerprint density at radius 3 is 0.905 bits per heavy atom. The molecule has 2 atom stereocenters. The third-order valence-corrected chi connectivity index (χ3v) is 12.2. The van der Waals surface area contributed by atoms with E-state index in [0.29, 0.717) is 32.1 Å². The molecule has 0 fully saturated rings. The summed E-state index contributed by atoms with van der Waals surface area (Å²) in [4.78, 5) is 63.3. The second kappa shape index (κ2) is 46.4. The average Bonchev–Trinajstić information content (AvgIpc) is 3.27. The standard InChI is InChI=1S/C52H95BrO10/c1-5-9-13-17-19-24-34-46(32-22-15-11-7-3)62-51(57)39-29-27-37-49(55)60-43-45(42-59-48(54)36-26-21-31-41-53)44-61-50(56)38-28-30-40-52(58)63-47(33-23-16-12-8-4)35-25-20-18-14-10-6-2/h45-47H,5-44H2,1-4H3. The van der Waals surface area contributed by atoms with Crippen LogP contribution in [0.3, 0.4) is 0 Å². The minimum atomic E-state index is -0.517. The Labute approximate surface area is 394 Å². The number of carbonyl (C=O) groups is 5. The molecule has 0 radical (unpaired) electrons. The van der Waals surface area contributed by atoms with E-state index in [1.165, 1.54) is 89.9 Å². The molecule has 370 valence electrons. The van der Waals surface area contributed by atoms with Crippen molar-refractivity contribution in [2.75, 3.05) is 25.2 Å². The van der Waals surface area contributed by atoms with Crippen LogP contribution in [0.2, 0.25) is 0 Å². The zero-order valence-corrected chi connectivity index (χ0v) is 42.6. The molecule has 0 aliphatic rings. The van der Waals surface area contributed by atoms with Gasteiger partial charge in [0.15, 0.2) is 0 Å². The van der Waals surface area contributed by atoms with E-state index < -0.39 is 17.9 Å². The first-order valence-electron chi connectivity index (χ1n) is 26.1. The second-order valence-electron chi connectivity index (χ2n) is 17.9. The summed E-state index contributed by atoms with van der Waals surface area (Å²) >= 11 is 3.40. The number of hydrogen-bond acceptors (Lipinski definition) is 10. The summed E-state index contributed by atoms with van der Waals surface area (Å²) in [6.45, 7) is 8.67. The first kappa shape index (κ1) is 60.8. The maximum Gasteiger partial charge on any atom is 0.306 e. The van der Waals surface area contributed by atoms with Crippen LogP contribution in [-0.4, -0.2) is 67.2 Å². The molecule has 0 aromatic carbocycles. The van der Waals surface area contributed by atoms with Gasteiger partial charge in [-0.15, -0.1) is 0 Å². The Morgan fingerprint density at radius 1 is 0.333 bits per heavy atom. The normalized spacial score (nSPS) is 12.7. The number of hydrogen-bond donors (Lipinski definition) is 0. The van der Waals surface area contributed by atoms with Crippen LogP contribution in [0.15, 0.2) is 0 Å². The third-order valence-electron chi connectivity index (χ3n) is 11.6. The summed E-state index contributed by atoms with van der Waals surface area (Å²) in [6, 6.07) is 0. The minimum absolute atomic E-state index is 0.0355. The van der Waals surface area contributed by atoms with E-state index in [9.17, 15) is 24.0 Å². The molecule has 0 heterocycles. The molecule has 0 spiro atoms. The molecule has 10 nitrogen and oxygen atoms in total. The van der Waals surface area contributed by atoms with Crippen LogP contribution in [0.5, 0.6) is 0 Å². The van der Waals surface area contributed by atoms with Crippen molar-refractivity contribution in [3.8, 4) is 0 Å². The molecule has 0 bridgehead atoms. The topological polar surface area (TPSA) is 132 Å². The van der Waals surface area contributed by atoms with Crippen LogP contribution in [0.4, 0.5) is 0 Å². The fraction of sp³-hybridized carbons (Fsp3) is 0.904. The highest BCUT2D eigenvalue weighted by Crippen LogP contribution is 2.20. The maximum absolute atomic E-state index is 12.7. The van der Waals surface area contributed by atoms with Crippen LogP contribution in [0.25, 0.3) is 0 Å². The fourth-order valence-electron chi connectivity index (χ4n) is 7.53. The summed E-state index contributed by atoms with van der Waals surface area (Å²) in [5, 5.41) is 0.882. The number of rotatable bonds is 47. The number of esters is 5. The van der Waals surface area contributed by atoms with Crippen LogP contribution in [-0.2, 0) is 47.7 Å². The summed E-state index contributed by atoms with van der Waals surface area (Å²) in [7, 11) is 0. The number of unbranched alkanes of at least 4 members (excludes halogenated alkanes) is 20. The van der Waals surface area contributed by atoms with Gasteiger partial charge in [-0.1, -0.05) is 153 Å². The van der Waals surface area contributed by atoms with Gasteiger partial charge >= 0.3 is 29.8 Å². The molecule has 0 aromatic heterocycles. The van der Waals surface area contributed by atoms with E-state index in [1.54, 1.807) is 0 Å². The van der Waals surface area contributed by atoms with Gasteiger partial charge in [-0.2, -0.15) is 0 Å². The lowest BCUT2D eigenvalue weighted by Gasteiger charge is -2.18. The van der Waals surface area contributed by atoms with Crippen LogP contribution >= 0.6 is 15.9 Å². The lowest BCUT2D eigenvalue weighted by Crippen LogP contribution is -2.26. The van der Waals surface area contributed by atoms with Crippen molar-refractivity contribution in [1.29, 1.82) is 0 Å². The van der Waals surface area contributed by atoms with Gasteiger partial charge in [-0.3, -0.25) is 24.0 Å². The van der Waals surface area contributed by atoms with Crippen molar-refractivity contribution in [1.82, 2.24) is 0 Å². The largest absolute Gasteiger partial charge is 0.465 e. The molecule has 0 amide bonds. The molecule has 0 saturated heterocycles. The first-order valence-corrected chi connectivity index (χ1v) is 27.2. The number of halogens is 1. The average molecular weight is 960 g/mol.